The molecule has 23 heavy (non-hydrogen) atoms. The Morgan fingerprint density at radius 1 is 1.39 bits per heavy atom. The van der Waals surface area contributed by atoms with E-state index in [1.165, 1.54) is 7.11 Å². The molecule has 1 aromatic carbocycles. The van der Waals surface area contributed by atoms with E-state index in [2.05, 4.69) is 22.4 Å². The second kappa shape index (κ2) is 7.84. The summed E-state index contributed by atoms with van der Waals surface area (Å²) in [5, 5.41) is 18.4. The molecule has 0 aliphatic rings. The number of nitrogens with zero attached hydrogens (tertiary/aromatic N) is 2. The second-order valence-corrected chi connectivity index (χ2v) is 4.84. The van der Waals surface area contributed by atoms with Gasteiger partial charge < -0.3 is 14.8 Å². The van der Waals surface area contributed by atoms with Crippen LogP contribution in [0, 0.1) is 11.3 Å². The number of nitrogens with one attached hydrogen (secondary N) is 2. The number of amides is 1. The number of ether oxygens (including phenoxy) is 2. The molecule has 0 aliphatic carbocycles. The fourth-order valence-electron chi connectivity index (χ4n) is 2.00. The van der Waals surface area contributed by atoms with Gasteiger partial charge in [-0.05, 0) is 18.6 Å². The quantitative estimate of drug-likeness (QED) is 0.816. The van der Waals surface area contributed by atoms with Crippen molar-refractivity contribution in [1.82, 2.24) is 10.2 Å². The highest BCUT2D eigenvalue weighted by atomic mass is 16.5. The van der Waals surface area contributed by atoms with Gasteiger partial charge in [0.15, 0.2) is 23.9 Å². The van der Waals surface area contributed by atoms with Crippen LogP contribution in [0.1, 0.15) is 24.6 Å². The zero-order valence-corrected chi connectivity index (χ0v) is 13.0. The van der Waals surface area contributed by atoms with Gasteiger partial charge >= 0.3 is 0 Å². The Bertz CT molecular complexity index is 718. The second-order valence-electron chi connectivity index (χ2n) is 4.84. The fraction of sp³-hybridized carbons (Fsp3) is 0.312. The Balaban J connectivity index is 1.92. The van der Waals surface area contributed by atoms with Crippen molar-refractivity contribution in [2.45, 2.75) is 19.8 Å². The molecule has 120 valence electrons. The number of hydrogen-bond acceptors (Lipinski definition) is 5. The molecular weight excluding hydrogens is 296 g/mol. The van der Waals surface area contributed by atoms with Crippen molar-refractivity contribution in [3.05, 3.63) is 35.5 Å². The van der Waals surface area contributed by atoms with Crippen LogP contribution in [0.3, 0.4) is 0 Å². The molecule has 0 unspecified atom stereocenters. The standard InChI is InChI=1S/C16H18N4O3/c1-3-4-12-8-15(20-19-12)18-16(21)10-23-13-6-5-11(9-17)7-14(13)22-2/h5-8H,3-4,10H2,1-2H3,(H2,18,19,20,21). The van der Waals surface area contributed by atoms with Crippen molar-refractivity contribution in [3.63, 3.8) is 0 Å². The lowest BCUT2D eigenvalue weighted by Crippen LogP contribution is -2.20. The number of aromatic amines is 1. The van der Waals surface area contributed by atoms with Gasteiger partial charge in [0.25, 0.3) is 5.91 Å². The van der Waals surface area contributed by atoms with Crippen molar-refractivity contribution in [3.8, 4) is 17.6 Å². The van der Waals surface area contributed by atoms with E-state index in [0.717, 1.165) is 18.5 Å². The van der Waals surface area contributed by atoms with Crippen molar-refractivity contribution in [1.29, 1.82) is 5.26 Å². The van der Waals surface area contributed by atoms with Crippen molar-refractivity contribution < 1.29 is 14.3 Å². The largest absolute Gasteiger partial charge is 0.493 e. The number of aromatic nitrogens is 2. The molecule has 0 saturated carbocycles. The first-order valence-electron chi connectivity index (χ1n) is 7.21. The molecule has 0 radical (unpaired) electrons. The SMILES string of the molecule is CCCc1cc(NC(=O)COc2ccc(C#N)cc2OC)n[nH]1. The van der Waals surface area contributed by atoms with E-state index in [4.69, 9.17) is 14.7 Å². The van der Waals surface area contributed by atoms with Gasteiger partial charge in [-0.15, -0.1) is 0 Å². The van der Waals surface area contributed by atoms with Crippen molar-refractivity contribution in [2.24, 2.45) is 0 Å². The zero-order chi connectivity index (χ0) is 16.7. The third-order valence-electron chi connectivity index (χ3n) is 3.07. The summed E-state index contributed by atoms with van der Waals surface area (Å²) in [6.45, 7) is 1.89. The molecule has 1 heterocycles. The van der Waals surface area contributed by atoms with Gasteiger partial charge in [-0.25, -0.2) is 0 Å². The van der Waals surface area contributed by atoms with E-state index >= 15 is 0 Å². The van der Waals surface area contributed by atoms with Crippen LogP contribution in [-0.2, 0) is 11.2 Å². The van der Waals surface area contributed by atoms with Crippen LogP contribution in [0.2, 0.25) is 0 Å². The number of methoxy groups -OCH3 is 1. The number of rotatable bonds is 7. The number of hydrogen-bond donors (Lipinski definition) is 2. The minimum Gasteiger partial charge on any atom is -0.493 e. The highest BCUT2D eigenvalue weighted by molar-refractivity contribution is 5.91. The molecular formula is C16H18N4O3. The molecule has 1 aromatic heterocycles. The van der Waals surface area contributed by atoms with Crippen molar-refractivity contribution in [2.75, 3.05) is 19.0 Å². The molecule has 2 rings (SSSR count). The van der Waals surface area contributed by atoms with Gasteiger partial charge in [-0.1, -0.05) is 13.3 Å². The number of carbonyl (C=O) groups is 1. The van der Waals surface area contributed by atoms with Gasteiger partial charge in [-0.2, -0.15) is 10.4 Å². The number of anilines is 1. The highest BCUT2D eigenvalue weighted by Gasteiger charge is 2.10. The van der Waals surface area contributed by atoms with Crippen LogP contribution < -0.4 is 14.8 Å². The molecule has 0 aliphatic heterocycles. The third-order valence-corrected chi connectivity index (χ3v) is 3.07. The highest BCUT2D eigenvalue weighted by Crippen LogP contribution is 2.27. The lowest BCUT2D eigenvalue weighted by molar-refractivity contribution is -0.118. The van der Waals surface area contributed by atoms with E-state index in [1.54, 1.807) is 24.3 Å². The summed E-state index contributed by atoms with van der Waals surface area (Å²) in [6.07, 6.45) is 1.87. The third kappa shape index (κ3) is 4.48. The molecule has 2 aromatic rings. The van der Waals surface area contributed by atoms with E-state index in [0.29, 0.717) is 22.9 Å². The van der Waals surface area contributed by atoms with Crippen LogP contribution in [0.25, 0.3) is 0 Å². The molecule has 0 saturated heterocycles. The summed E-state index contributed by atoms with van der Waals surface area (Å²) >= 11 is 0. The summed E-state index contributed by atoms with van der Waals surface area (Å²) in [5.41, 5.74) is 1.43. The fourth-order valence-corrected chi connectivity index (χ4v) is 2.00. The van der Waals surface area contributed by atoms with E-state index in [9.17, 15) is 4.79 Å². The summed E-state index contributed by atoms with van der Waals surface area (Å²) < 4.78 is 10.6. The molecule has 1 amide bonds. The molecule has 0 bridgehead atoms. The van der Waals surface area contributed by atoms with Gasteiger partial charge in [0.2, 0.25) is 0 Å². The van der Waals surface area contributed by atoms with Crippen LogP contribution in [-0.4, -0.2) is 29.8 Å². The minimum atomic E-state index is -0.328. The van der Waals surface area contributed by atoms with Gasteiger partial charge in [0, 0.05) is 17.8 Å². The molecule has 7 heteroatoms. The maximum Gasteiger partial charge on any atom is 0.263 e. The Kier molecular flexibility index (Phi) is 5.58. The van der Waals surface area contributed by atoms with E-state index in [1.807, 2.05) is 6.07 Å². The number of benzene rings is 1. The first-order chi connectivity index (χ1) is 11.2. The maximum atomic E-state index is 11.9. The Hall–Kier alpha value is -3.01. The molecule has 0 fully saturated rings. The Labute approximate surface area is 134 Å². The molecule has 7 nitrogen and oxygen atoms in total. The number of aryl methyl sites for hydroxylation is 1. The van der Waals surface area contributed by atoms with Crippen LogP contribution in [0.4, 0.5) is 5.82 Å². The van der Waals surface area contributed by atoms with E-state index in [-0.39, 0.29) is 12.5 Å². The predicted molar refractivity (Wildman–Crippen MR) is 84.4 cm³/mol. The normalized spacial score (nSPS) is 9.96. The van der Waals surface area contributed by atoms with Gasteiger partial charge in [-0.3, -0.25) is 9.89 Å². The first kappa shape index (κ1) is 16.4. The number of carbonyl (C=O) groups excluding carboxylic acids is 1. The zero-order valence-electron chi connectivity index (χ0n) is 13.0. The Morgan fingerprint density at radius 2 is 2.22 bits per heavy atom. The predicted octanol–water partition coefficient (Wildman–Crippen LogP) is 2.26. The first-order valence-corrected chi connectivity index (χ1v) is 7.21. The lowest BCUT2D eigenvalue weighted by atomic mass is 10.2. The van der Waals surface area contributed by atoms with Crippen LogP contribution >= 0.6 is 0 Å². The van der Waals surface area contributed by atoms with E-state index < -0.39 is 0 Å². The van der Waals surface area contributed by atoms with Crippen LogP contribution in [0.15, 0.2) is 24.3 Å². The topological polar surface area (TPSA) is 100 Å². The number of H-pyrrole nitrogens is 1. The van der Waals surface area contributed by atoms with Crippen molar-refractivity contribution >= 4 is 11.7 Å². The van der Waals surface area contributed by atoms with Crippen LogP contribution in [0.5, 0.6) is 11.5 Å². The maximum absolute atomic E-state index is 11.9. The summed E-state index contributed by atoms with van der Waals surface area (Å²) in [7, 11) is 1.47. The van der Waals surface area contributed by atoms with Gasteiger partial charge in [0.05, 0.1) is 18.7 Å². The average Bonchev–Trinajstić information content (AvgIpc) is 3.00. The monoisotopic (exact) mass is 314 g/mol. The smallest absolute Gasteiger partial charge is 0.263 e. The molecule has 2 N–H and O–H groups in total. The minimum absolute atomic E-state index is 0.182. The Morgan fingerprint density at radius 3 is 2.91 bits per heavy atom. The number of nitriles is 1. The van der Waals surface area contributed by atoms with Gasteiger partial charge in [0.1, 0.15) is 0 Å². The summed E-state index contributed by atoms with van der Waals surface area (Å²) in [6, 6.07) is 8.55. The molecule has 0 atom stereocenters. The summed E-state index contributed by atoms with van der Waals surface area (Å²) in [4.78, 5) is 11.9. The summed E-state index contributed by atoms with van der Waals surface area (Å²) in [5.74, 6) is 0.942. The lowest BCUT2D eigenvalue weighted by Gasteiger charge is -2.10. The molecule has 0 spiro atoms. The average molecular weight is 314 g/mol.